The first-order valence-electron chi connectivity index (χ1n) is 4.71. The molecule has 0 aliphatic heterocycles. The molecule has 0 bridgehead atoms. The third-order valence-electron chi connectivity index (χ3n) is 2.30. The summed E-state index contributed by atoms with van der Waals surface area (Å²) in [6, 6.07) is 2.98. The number of benzene rings is 1. The molecule has 16 heavy (non-hydrogen) atoms. The first-order valence-corrected chi connectivity index (χ1v) is 5.08. The van der Waals surface area contributed by atoms with Crippen LogP contribution >= 0.6 is 11.6 Å². The summed E-state index contributed by atoms with van der Waals surface area (Å²) in [5.74, 6) is -1.91. The molecule has 5 heteroatoms. The first kappa shape index (κ1) is 12.8. The minimum absolute atomic E-state index is 0.0150. The Hall–Kier alpha value is -1.29. The van der Waals surface area contributed by atoms with Crippen molar-refractivity contribution in [1.82, 2.24) is 0 Å². The summed E-state index contributed by atoms with van der Waals surface area (Å²) in [5, 5.41) is 8.63. The van der Waals surface area contributed by atoms with Crippen LogP contribution < -0.4 is 4.74 Å². The van der Waals surface area contributed by atoms with E-state index in [0.29, 0.717) is 5.56 Å². The van der Waals surface area contributed by atoms with E-state index in [-0.39, 0.29) is 23.1 Å². The number of halogens is 2. The second kappa shape index (κ2) is 5.16. The van der Waals surface area contributed by atoms with Crippen LogP contribution in [0.25, 0.3) is 0 Å². The molecule has 0 spiro atoms. The predicted molar refractivity (Wildman–Crippen MR) is 58.6 cm³/mol. The third-order valence-corrected chi connectivity index (χ3v) is 2.59. The van der Waals surface area contributed by atoms with Crippen LogP contribution in [0, 0.1) is 5.82 Å². The molecule has 0 radical (unpaired) electrons. The highest BCUT2D eigenvalue weighted by molar-refractivity contribution is 6.30. The molecule has 1 aromatic carbocycles. The van der Waals surface area contributed by atoms with Crippen molar-refractivity contribution >= 4 is 17.6 Å². The minimum Gasteiger partial charge on any atom is -0.493 e. The topological polar surface area (TPSA) is 46.5 Å². The predicted octanol–water partition coefficient (Wildman–Crippen LogP) is 3.07. The van der Waals surface area contributed by atoms with Crippen molar-refractivity contribution in [2.45, 2.75) is 19.3 Å². The number of carboxylic acids is 1. The van der Waals surface area contributed by atoms with Crippen molar-refractivity contribution < 1.29 is 19.0 Å². The Morgan fingerprint density at radius 1 is 1.62 bits per heavy atom. The Balaban J connectivity index is 3.13. The molecule has 0 aromatic heterocycles. The van der Waals surface area contributed by atoms with Gasteiger partial charge < -0.3 is 9.84 Å². The van der Waals surface area contributed by atoms with E-state index in [1.54, 1.807) is 13.0 Å². The van der Waals surface area contributed by atoms with E-state index in [1.807, 2.05) is 0 Å². The maximum Gasteiger partial charge on any atom is 0.303 e. The van der Waals surface area contributed by atoms with Crippen molar-refractivity contribution in [1.29, 1.82) is 0 Å². The zero-order valence-electron chi connectivity index (χ0n) is 8.96. The quantitative estimate of drug-likeness (QED) is 0.888. The van der Waals surface area contributed by atoms with E-state index in [2.05, 4.69) is 0 Å². The largest absolute Gasteiger partial charge is 0.493 e. The monoisotopic (exact) mass is 246 g/mol. The van der Waals surface area contributed by atoms with Crippen LogP contribution in [0.3, 0.4) is 0 Å². The Bertz CT molecular complexity index is 406. The van der Waals surface area contributed by atoms with E-state index in [4.69, 9.17) is 21.4 Å². The molecule has 1 atom stereocenters. The normalized spacial score (nSPS) is 12.2. The average Bonchev–Trinajstić information content (AvgIpc) is 2.20. The van der Waals surface area contributed by atoms with Crippen molar-refractivity contribution in [3.8, 4) is 5.75 Å². The van der Waals surface area contributed by atoms with Crippen molar-refractivity contribution in [2.75, 3.05) is 7.11 Å². The molecular weight excluding hydrogens is 235 g/mol. The third kappa shape index (κ3) is 2.64. The van der Waals surface area contributed by atoms with Gasteiger partial charge in [-0.1, -0.05) is 24.6 Å². The summed E-state index contributed by atoms with van der Waals surface area (Å²) in [6.45, 7) is 1.69. The summed E-state index contributed by atoms with van der Waals surface area (Å²) in [6.07, 6.45) is -0.0859. The number of methoxy groups -OCH3 is 1. The first-order chi connectivity index (χ1) is 7.47. The Labute approximate surface area is 97.8 Å². The molecule has 0 aliphatic rings. The lowest BCUT2D eigenvalue weighted by Gasteiger charge is -2.15. The molecule has 1 rings (SSSR count). The highest BCUT2D eigenvalue weighted by Crippen LogP contribution is 2.34. The van der Waals surface area contributed by atoms with Gasteiger partial charge in [0, 0.05) is 5.56 Å². The molecule has 0 saturated carbocycles. The van der Waals surface area contributed by atoms with Gasteiger partial charge in [-0.25, -0.2) is 4.39 Å². The van der Waals surface area contributed by atoms with Gasteiger partial charge in [0.2, 0.25) is 0 Å². The second-order valence-corrected chi connectivity index (χ2v) is 3.89. The molecular formula is C11H12ClFO3. The Morgan fingerprint density at radius 3 is 2.75 bits per heavy atom. The highest BCUT2D eigenvalue weighted by atomic mass is 35.5. The standard InChI is InChI=1S/C11H12ClFO3/c1-6(5-9(14)15)7-3-4-8(12)10(13)11(7)16-2/h3-4,6H,5H2,1-2H3,(H,14,15). The summed E-state index contributed by atoms with van der Waals surface area (Å²) in [5.41, 5.74) is 0.506. The van der Waals surface area contributed by atoms with Crippen LogP contribution in [-0.2, 0) is 4.79 Å². The number of hydrogen-bond donors (Lipinski definition) is 1. The van der Waals surface area contributed by atoms with Gasteiger partial charge >= 0.3 is 5.97 Å². The summed E-state index contributed by atoms with van der Waals surface area (Å²) >= 11 is 5.60. The van der Waals surface area contributed by atoms with Gasteiger partial charge in [-0.15, -0.1) is 0 Å². The van der Waals surface area contributed by atoms with Crippen LogP contribution in [0.5, 0.6) is 5.75 Å². The number of rotatable bonds is 4. The van der Waals surface area contributed by atoms with E-state index in [1.165, 1.54) is 13.2 Å². The van der Waals surface area contributed by atoms with E-state index in [0.717, 1.165) is 0 Å². The lowest BCUT2D eigenvalue weighted by Crippen LogP contribution is -2.05. The second-order valence-electron chi connectivity index (χ2n) is 3.48. The number of aliphatic carboxylic acids is 1. The van der Waals surface area contributed by atoms with Gasteiger partial charge in [0.1, 0.15) is 0 Å². The maximum atomic E-state index is 13.6. The van der Waals surface area contributed by atoms with Crippen LogP contribution in [0.15, 0.2) is 12.1 Å². The zero-order valence-corrected chi connectivity index (χ0v) is 9.71. The number of ether oxygens (including phenoxy) is 1. The van der Waals surface area contributed by atoms with Crippen LogP contribution in [0.4, 0.5) is 4.39 Å². The molecule has 3 nitrogen and oxygen atoms in total. The maximum absolute atomic E-state index is 13.6. The van der Waals surface area contributed by atoms with Gasteiger partial charge in [0.15, 0.2) is 11.6 Å². The molecule has 1 N–H and O–H groups in total. The van der Waals surface area contributed by atoms with Gasteiger partial charge in [-0.2, -0.15) is 0 Å². The van der Waals surface area contributed by atoms with E-state index in [9.17, 15) is 9.18 Å². The van der Waals surface area contributed by atoms with Crippen LogP contribution in [0.2, 0.25) is 5.02 Å². The van der Waals surface area contributed by atoms with Crippen LogP contribution in [0.1, 0.15) is 24.8 Å². The summed E-state index contributed by atoms with van der Waals surface area (Å²) < 4.78 is 18.5. The van der Waals surface area contributed by atoms with Gasteiger partial charge in [0.05, 0.1) is 18.6 Å². The Morgan fingerprint density at radius 2 is 2.25 bits per heavy atom. The zero-order chi connectivity index (χ0) is 12.3. The van der Waals surface area contributed by atoms with Crippen molar-refractivity contribution in [3.63, 3.8) is 0 Å². The molecule has 88 valence electrons. The average molecular weight is 247 g/mol. The molecule has 0 saturated heterocycles. The molecule has 0 amide bonds. The number of carboxylic acid groups (broad SMARTS) is 1. The fraction of sp³-hybridized carbons (Fsp3) is 0.364. The van der Waals surface area contributed by atoms with Crippen molar-refractivity contribution in [3.05, 3.63) is 28.5 Å². The molecule has 1 aromatic rings. The smallest absolute Gasteiger partial charge is 0.303 e. The molecule has 0 fully saturated rings. The van der Waals surface area contributed by atoms with Crippen molar-refractivity contribution in [2.24, 2.45) is 0 Å². The Kier molecular flexibility index (Phi) is 4.12. The summed E-state index contributed by atoms with van der Waals surface area (Å²) in [7, 11) is 1.33. The lowest BCUT2D eigenvalue weighted by atomic mass is 9.97. The van der Waals surface area contributed by atoms with Gasteiger partial charge in [-0.05, 0) is 12.0 Å². The SMILES string of the molecule is COc1c(C(C)CC(=O)O)ccc(Cl)c1F. The molecule has 1 unspecified atom stereocenters. The van der Waals surface area contributed by atoms with Crippen LogP contribution in [-0.4, -0.2) is 18.2 Å². The van der Waals surface area contributed by atoms with Gasteiger partial charge in [0.25, 0.3) is 0 Å². The molecule has 0 aliphatic carbocycles. The fourth-order valence-corrected chi connectivity index (χ4v) is 1.66. The van der Waals surface area contributed by atoms with E-state index < -0.39 is 11.8 Å². The highest BCUT2D eigenvalue weighted by Gasteiger charge is 2.19. The number of hydrogen-bond acceptors (Lipinski definition) is 2. The lowest BCUT2D eigenvalue weighted by molar-refractivity contribution is -0.137. The van der Waals surface area contributed by atoms with E-state index >= 15 is 0 Å². The fourth-order valence-electron chi connectivity index (χ4n) is 1.51. The molecule has 0 heterocycles. The number of carbonyl (C=O) groups is 1. The summed E-state index contributed by atoms with van der Waals surface area (Å²) in [4.78, 5) is 10.6. The minimum atomic E-state index is -0.940. The van der Waals surface area contributed by atoms with Gasteiger partial charge in [-0.3, -0.25) is 4.79 Å².